The molecule has 1 heterocycles. The van der Waals surface area contributed by atoms with Crippen LogP contribution in [0.3, 0.4) is 0 Å². The van der Waals surface area contributed by atoms with Crippen molar-refractivity contribution in [3.05, 3.63) is 36.0 Å². The van der Waals surface area contributed by atoms with E-state index < -0.39 is 11.9 Å². The van der Waals surface area contributed by atoms with Crippen molar-refractivity contribution in [3.8, 4) is 17.0 Å². The van der Waals surface area contributed by atoms with E-state index >= 15 is 0 Å². The van der Waals surface area contributed by atoms with Crippen LogP contribution >= 0.6 is 11.8 Å². The van der Waals surface area contributed by atoms with Gasteiger partial charge in [-0.25, -0.2) is 9.97 Å². The number of aromatic nitrogens is 2. The minimum Gasteiger partial charge on any atom is -0.497 e. The minimum absolute atomic E-state index is 0.00427. The molecule has 0 saturated heterocycles. The number of carbonyl (C=O) groups excluding carboxylic acids is 1. The van der Waals surface area contributed by atoms with Gasteiger partial charge >= 0.3 is 6.18 Å². The summed E-state index contributed by atoms with van der Waals surface area (Å²) in [6.07, 6.45) is -3.85. The number of rotatable bonds is 7. The SMILES string of the molecule is CC[C@H](C)NC(=O)CSc1nc(-c2ccc(OC)cc2)cc(C(F)(F)F)n1. The van der Waals surface area contributed by atoms with Gasteiger partial charge in [0.05, 0.1) is 18.6 Å². The fourth-order valence-electron chi connectivity index (χ4n) is 2.09. The molecule has 2 aromatic rings. The largest absolute Gasteiger partial charge is 0.497 e. The Morgan fingerprint density at radius 1 is 1.26 bits per heavy atom. The second kappa shape index (κ2) is 9.07. The Kier molecular flexibility index (Phi) is 7.06. The number of ether oxygens (including phenoxy) is 1. The molecule has 5 nitrogen and oxygen atoms in total. The maximum atomic E-state index is 13.2. The quantitative estimate of drug-likeness (QED) is 0.559. The van der Waals surface area contributed by atoms with Crippen LogP contribution in [0, 0.1) is 0 Å². The van der Waals surface area contributed by atoms with Gasteiger partial charge in [0.15, 0.2) is 5.16 Å². The average Bonchev–Trinajstić information content (AvgIpc) is 2.65. The summed E-state index contributed by atoms with van der Waals surface area (Å²) in [5.41, 5.74) is -0.424. The third kappa shape index (κ3) is 6.13. The lowest BCUT2D eigenvalue weighted by molar-refractivity contribution is -0.141. The van der Waals surface area contributed by atoms with E-state index in [1.54, 1.807) is 24.3 Å². The number of alkyl halides is 3. The van der Waals surface area contributed by atoms with Crippen molar-refractivity contribution in [2.45, 2.75) is 37.6 Å². The van der Waals surface area contributed by atoms with Crippen LogP contribution in [0.15, 0.2) is 35.5 Å². The summed E-state index contributed by atoms with van der Waals surface area (Å²) in [7, 11) is 1.50. The molecule has 0 aliphatic heterocycles. The summed E-state index contributed by atoms with van der Waals surface area (Å²) in [6.45, 7) is 3.78. The molecular weight excluding hydrogens is 379 g/mol. The maximum absolute atomic E-state index is 13.2. The molecule has 0 radical (unpaired) electrons. The number of hydrogen-bond acceptors (Lipinski definition) is 5. The van der Waals surface area contributed by atoms with Crippen LogP contribution in [-0.4, -0.2) is 34.8 Å². The number of thioether (sulfide) groups is 1. The van der Waals surface area contributed by atoms with Gasteiger partial charge in [0.2, 0.25) is 5.91 Å². The van der Waals surface area contributed by atoms with Crippen LogP contribution in [0.4, 0.5) is 13.2 Å². The normalized spacial score (nSPS) is 12.5. The Labute approximate surface area is 159 Å². The van der Waals surface area contributed by atoms with Crippen molar-refractivity contribution < 1.29 is 22.7 Å². The minimum atomic E-state index is -4.61. The lowest BCUT2D eigenvalue weighted by Crippen LogP contribution is -2.33. The molecule has 1 aromatic heterocycles. The van der Waals surface area contributed by atoms with Gasteiger partial charge in [-0.2, -0.15) is 13.2 Å². The molecule has 0 bridgehead atoms. The standard InChI is InChI=1S/C18H20F3N3O2S/c1-4-11(2)22-16(25)10-27-17-23-14(9-15(24-17)18(19,20)21)12-5-7-13(26-3)8-6-12/h5-9,11H,4,10H2,1-3H3,(H,22,25)/t11-/m0/s1. The van der Waals surface area contributed by atoms with Gasteiger partial charge in [0, 0.05) is 11.6 Å². The van der Waals surface area contributed by atoms with E-state index in [9.17, 15) is 18.0 Å². The van der Waals surface area contributed by atoms with Crippen molar-refractivity contribution in [3.63, 3.8) is 0 Å². The molecule has 2 rings (SSSR count). The third-order valence-electron chi connectivity index (χ3n) is 3.73. The van der Waals surface area contributed by atoms with Gasteiger partial charge < -0.3 is 10.1 Å². The maximum Gasteiger partial charge on any atom is 0.433 e. The molecule has 146 valence electrons. The van der Waals surface area contributed by atoms with E-state index in [-0.39, 0.29) is 28.6 Å². The van der Waals surface area contributed by atoms with Gasteiger partial charge in [-0.3, -0.25) is 4.79 Å². The van der Waals surface area contributed by atoms with Gasteiger partial charge in [-0.05, 0) is 43.7 Å². The molecule has 1 N–H and O–H groups in total. The van der Waals surface area contributed by atoms with Crippen LogP contribution in [-0.2, 0) is 11.0 Å². The molecule has 0 unspecified atom stereocenters. The summed E-state index contributed by atoms with van der Waals surface area (Å²) in [6, 6.07) is 7.39. The number of halogens is 3. The first-order valence-corrected chi connectivity index (χ1v) is 9.24. The number of hydrogen-bond donors (Lipinski definition) is 1. The highest BCUT2D eigenvalue weighted by Crippen LogP contribution is 2.32. The number of nitrogens with one attached hydrogen (secondary N) is 1. The molecule has 1 amide bonds. The Morgan fingerprint density at radius 3 is 2.48 bits per heavy atom. The predicted octanol–water partition coefficient (Wildman–Crippen LogP) is 4.18. The Morgan fingerprint density at radius 2 is 1.93 bits per heavy atom. The molecular formula is C18H20F3N3O2S. The van der Waals surface area contributed by atoms with Crippen LogP contribution in [0.2, 0.25) is 0 Å². The van der Waals surface area contributed by atoms with Gasteiger partial charge in [-0.1, -0.05) is 18.7 Å². The lowest BCUT2D eigenvalue weighted by Gasteiger charge is -2.12. The number of carbonyl (C=O) groups is 1. The number of nitrogens with zero attached hydrogens (tertiary/aromatic N) is 2. The first-order chi connectivity index (χ1) is 12.7. The highest BCUT2D eigenvalue weighted by molar-refractivity contribution is 7.99. The van der Waals surface area contributed by atoms with Gasteiger partial charge in [0.1, 0.15) is 11.4 Å². The molecule has 0 aliphatic carbocycles. The third-order valence-corrected chi connectivity index (χ3v) is 4.58. The first kappa shape index (κ1) is 21.0. The zero-order valence-electron chi connectivity index (χ0n) is 15.1. The first-order valence-electron chi connectivity index (χ1n) is 8.25. The molecule has 0 spiro atoms. The lowest BCUT2D eigenvalue weighted by atomic mass is 10.1. The monoisotopic (exact) mass is 399 g/mol. The van der Waals surface area contributed by atoms with Crippen molar-refractivity contribution in [2.24, 2.45) is 0 Å². The highest BCUT2D eigenvalue weighted by atomic mass is 32.2. The molecule has 9 heteroatoms. The zero-order chi connectivity index (χ0) is 20.0. The van der Waals surface area contributed by atoms with Crippen LogP contribution in [0.5, 0.6) is 5.75 Å². The Bertz CT molecular complexity index is 782. The van der Waals surface area contributed by atoms with Crippen molar-refractivity contribution in [1.82, 2.24) is 15.3 Å². The van der Waals surface area contributed by atoms with Crippen molar-refractivity contribution in [2.75, 3.05) is 12.9 Å². The predicted molar refractivity (Wildman–Crippen MR) is 97.6 cm³/mol. The van der Waals surface area contributed by atoms with Crippen molar-refractivity contribution in [1.29, 1.82) is 0 Å². The van der Waals surface area contributed by atoms with E-state index in [0.29, 0.717) is 11.3 Å². The Balaban J connectivity index is 2.27. The van der Waals surface area contributed by atoms with Crippen LogP contribution in [0.1, 0.15) is 26.0 Å². The number of methoxy groups -OCH3 is 1. The smallest absolute Gasteiger partial charge is 0.433 e. The summed E-state index contributed by atoms with van der Waals surface area (Å²) in [4.78, 5) is 19.6. The second-order valence-electron chi connectivity index (χ2n) is 5.81. The molecule has 0 saturated carbocycles. The zero-order valence-corrected chi connectivity index (χ0v) is 15.9. The summed E-state index contributed by atoms with van der Waals surface area (Å²) >= 11 is 0.869. The van der Waals surface area contributed by atoms with E-state index in [2.05, 4.69) is 15.3 Å². The summed E-state index contributed by atoms with van der Waals surface area (Å²) in [5, 5.41) is 2.65. The summed E-state index contributed by atoms with van der Waals surface area (Å²) < 4.78 is 44.7. The van der Waals surface area contributed by atoms with E-state index in [0.717, 1.165) is 24.2 Å². The summed E-state index contributed by atoms with van der Waals surface area (Å²) in [5.74, 6) is 0.245. The average molecular weight is 399 g/mol. The van der Waals surface area contributed by atoms with Crippen LogP contribution < -0.4 is 10.1 Å². The molecule has 1 aromatic carbocycles. The van der Waals surface area contributed by atoms with Gasteiger partial charge in [-0.15, -0.1) is 0 Å². The topological polar surface area (TPSA) is 64.1 Å². The molecule has 1 atom stereocenters. The van der Waals surface area contributed by atoms with E-state index in [4.69, 9.17) is 4.74 Å². The van der Waals surface area contributed by atoms with Crippen LogP contribution in [0.25, 0.3) is 11.3 Å². The second-order valence-corrected chi connectivity index (χ2v) is 6.76. The molecule has 27 heavy (non-hydrogen) atoms. The fourth-order valence-corrected chi connectivity index (χ4v) is 2.76. The number of benzene rings is 1. The van der Waals surface area contributed by atoms with E-state index in [1.165, 1.54) is 7.11 Å². The fraction of sp³-hybridized carbons (Fsp3) is 0.389. The Hall–Kier alpha value is -2.29. The van der Waals surface area contributed by atoms with E-state index in [1.807, 2.05) is 13.8 Å². The molecule has 0 aliphatic rings. The molecule has 0 fully saturated rings. The number of amides is 1. The van der Waals surface area contributed by atoms with Crippen molar-refractivity contribution >= 4 is 17.7 Å². The highest BCUT2D eigenvalue weighted by Gasteiger charge is 2.34. The van der Waals surface area contributed by atoms with Gasteiger partial charge in [0.25, 0.3) is 0 Å².